The molecule has 0 saturated carbocycles. The lowest BCUT2D eigenvalue weighted by molar-refractivity contribution is -0.111. The lowest BCUT2D eigenvalue weighted by Gasteiger charge is -2.17. The van der Waals surface area contributed by atoms with E-state index in [0.29, 0.717) is 29.9 Å². The monoisotopic (exact) mass is 325 g/mol. The van der Waals surface area contributed by atoms with Crippen molar-refractivity contribution in [1.29, 1.82) is 0 Å². The first kappa shape index (κ1) is 17.8. The third-order valence-electron chi connectivity index (χ3n) is 4.01. The molecule has 0 atom stereocenters. The maximum absolute atomic E-state index is 12.6. The predicted molar refractivity (Wildman–Crippen MR) is 96.3 cm³/mol. The molecule has 2 rings (SSSR count). The molecule has 0 unspecified atom stereocenters. The summed E-state index contributed by atoms with van der Waals surface area (Å²) in [7, 11) is 0. The first-order valence-corrected chi connectivity index (χ1v) is 8.25. The number of Topliss-reactive ketones (excluding diaryl/α,β-unsaturated/α-hetero) is 2. The van der Waals surface area contributed by atoms with Crippen molar-refractivity contribution in [3.05, 3.63) is 47.2 Å². The first-order chi connectivity index (χ1) is 11.6. The van der Waals surface area contributed by atoms with Crippen molar-refractivity contribution in [1.82, 2.24) is 9.55 Å². The van der Waals surface area contributed by atoms with Gasteiger partial charge in [-0.1, -0.05) is 25.2 Å². The van der Waals surface area contributed by atoms with Gasteiger partial charge < -0.3 is 4.57 Å². The van der Waals surface area contributed by atoms with Crippen LogP contribution in [0, 0.1) is 0 Å². The minimum atomic E-state index is -0.466. The zero-order chi connectivity index (χ0) is 17.7. The molecule has 1 heterocycles. The molecule has 0 amide bonds. The highest BCUT2D eigenvalue weighted by Gasteiger charge is 2.37. The summed E-state index contributed by atoms with van der Waals surface area (Å²) in [6, 6.07) is 0. The second-order valence-electron chi connectivity index (χ2n) is 5.37. The molecule has 1 aromatic rings. The van der Waals surface area contributed by atoms with Gasteiger partial charge in [-0.05, 0) is 27.2 Å². The molecule has 0 radical (unpaired) electrons. The highest BCUT2D eigenvalue weighted by molar-refractivity contribution is 6.54. The number of aromatic nitrogens is 2. The zero-order valence-electron chi connectivity index (χ0n) is 14.7. The summed E-state index contributed by atoms with van der Waals surface area (Å²) in [5, 5.41) is 0. The number of imidazole rings is 1. The van der Waals surface area contributed by atoms with Crippen LogP contribution in [0.25, 0.3) is 5.57 Å². The summed E-state index contributed by atoms with van der Waals surface area (Å²) in [6.45, 7) is 8.09. The van der Waals surface area contributed by atoms with E-state index in [-0.39, 0.29) is 0 Å². The molecule has 1 aliphatic rings. The van der Waals surface area contributed by atoms with Gasteiger partial charge >= 0.3 is 0 Å². The fraction of sp³-hybridized carbons (Fsp3) is 0.368. The average Bonchev–Trinajstić information content (AvgIpc) is 2.96. The van der Waals surface area contributed by atoms with E-state index in [9.17, 15) is 9.59 Å². The number of carbonyl (C=O) groups excluding carboxylic acids is 2. The third-order valence-corrected chi connectivity index (χ3v) is 4.01. The second-order valence-corrected chi connectivity index (χ2v) is 5.37. The van der Waals surface area contributed by atoms with Gasteiger partial charge in [0.1, 0.15) is 17.2 Å². The fourth-order valence-corrected chi connectivity index (χ4v) is 2.91. The van der Waals surface area contributed by atoms with Crippen molar-refractivity contribution in [3.8, 4) is 0 Å². The second kappa shape index (κ2) is 7.81. The van der Waals surface area contributed by atoms with Crippen molar-refractivity contribution in [2.45, 2.75) is 47.1 Å². The molecule has 0 N–H and O–H groups in total. The lowest BCUT2D eigenvalue weighted by Crippen LogP contribution is -2.27. The van der Waals surface area contributed by atoms with Gasteiger partial charge in [0.2, 0.25) is 5.78 Å². The summed E-state index contributed by atoms with van der Waals surface area (Å²) >= 11 is 0. The predicted octanol–water partition coefficient (Wildman–Crippen LogP) is 3.56. The first-order valence-electron chi connectivity index (χ1n) is 8.25. The van der Waals surface area contributed by atoms with Gasteiger partial charge in [0.25, 0.3) is 5.78 Å². The Hall–Kier alpha value is -2.56. The zero-order valence-corrected chi connectivity index (χ0v) is 14.7. The Morgan fingerprint density at radius 3 is 2.38 bits per heavy atom. The SMILES string of the molecule is CC=N/C=C\CCn1c(CC)nc2c1C(=O)C(=O)C(=C/C)/C2=C\C. The molecule has 0 bridgehead atoms. The van der Waals surface area contributed by atoms with Crippen LogP contribution in [0.5, 0.6) is 0 Å². The van der Waals surface area contributed by atoms with Gasteiger partial charge in [-0.2, -0.15) is 0 Å². The molecule has 5 nitrogen and oxygen atoms in total. The van der Waals surface area contributed by atoms with Crippen molar-refractivity contribution in [2.75, 3.05) is 0 Å². The molecule has 24 heavy (non-hydrogen) atoms. The largest absolute Gasteiger partial charge is 0.324 e. The highest BCUT2D eigenvalue weighted by atomic mass is 16.2. The van der Waals surface area contributed by atoms with Crippen LogP contribution in [0.15, 0.2) is 35.0 Å². The molecule has 0 aromatic carbocycles. The van der Waals surface area contributed by atoms with Crippen LogP contribution in [0.3, 0.4) is 0 Å². The molecule has 0 spiro atoms. The number of aliphatic imine (C=N–C) groups is 1. The van der Waals surface area contributed by atoms with Crippen LogP contribution in [-0.4, -0.2) is 27.3 Å². The normalized spacial score (nSPS) is 18.5. The quantitative estimate of drug-likeness (QED) is 0.472. The maximum atomic E-state index is 12.6. The van der Waals surface area contributed by atoms with Crippen molar-refractivity contribution >= 4 is 23.4 Å². The number of hydrogen-bond acceptors (Lipinski definition) is 4. The minimum Gasteiger partial charge on any atom is -0.324 e. The number of hydrogen-bond donors (Lipinski definition) is 0. The van der Waals surface area contributed by atoms with Gasteiger partial charge in [-0.3, -0.25) is 14.6 Å². The molecule has 0 aliphatic heterocycles. The van der Waals surface area contributed by atoms with Crippen LogP contribution in [0.2, 0.25) is 0 Å². The Balaban J connectivity index is 2.50. The summed E-state index contributed by atoms with van der Waals surface area (Å²) in [5.74, 6) is -0.0928. The number of ketones is 2. The standard InChI is InChI=1S/C19H23N3O2/c1-5-13-14(6-2)18(23)19(24)17-16(13)21-15(7-3)22(17)12-10-9-11-20-8-4/h5-6,8-9,11H,7,10,12H2,1-4H3/b11-9-,13-5+,14-6+,20-8?. The topological polar surface area (TPSA) is 64.3 Å². The van der Waals surface area contributed by atoms with Crippen LogP contribution < -0.4 is 0 Å². The smallest absolute Gasteiger partial charge is 0.252 e. The van der Waals surface area contributed by atoms with Gasteiger partial charge in [0, 0.05) is 36.5 Å². The number of fused-ring (bicyclic) bond motifs is 1. The third kappa shape index (κ3) is 3.07. The van der Waals surface area contributed by atoms with Crippen molar-refractivity contribution in [2.24, 2.45) is 4.99 Å². The Kier molecular flexibility index (Phi) is 5.79. The van der Waals surface area contributed by atoms with E-state index < -0.39 is 11.6 Å². The maximum Gasteiger partial charge on any atom is 0.252 e. The Labute approximate surface area is 142 Å². The molecule has 126 valence electrons. The summed E-state index contributed by atoms with van der Waals surface area (Å²) in [6.07, 6.45) is 10.3. The van der Waals surface area contributed by atoms with E-state index in [1.165, 1.54) is 0 Å². The lowest BCUT2D eigenvalue weighted by atomic mass is 9.87. The van der Waals surface area contributed by atoms with Gasteiger partial charge in [-0.25, -0.2) is 4.98 Å². The molecule has 1 aliphatic carbocycles. The summed E-state index contributed by atoms with van der Waals surface area (Å²) in [4.78, 5) is 33.7. The van der Waals surface area contributed by atoms with E-state index >= 15 is 0 Å². The number of allylic oxidation sites excluding steroid dienone is 5. The number of rotatable bonds is 5. The van der Waals surface area contributed by atoms with Gasteiger partial charge in [0.05, 0.1) is 0 Å². The molecule has 5 heteroatoms. The van der Waals surface area contributed by atoms with E-state index in [1.54, 1.807) is 25.4 Å². The van der Waals surface area contributed by atoms with Crippen molar-refractivity contribution < 1.29 is 9.59 Å². The molecule has 0 fully saturated rings. The minimum absolute atomic E-state index is 0.419. The van der Waals surface area contributed by atoms with E-state index in [2.05, 4.69) is 9.98 Å². The molecule has 0 saturated heterocycles. The summed E-state index contributed by atoms with van der Waals surface area (Å²) in [5.41, 5.74) is 2.24. The molecule has 1 aromatic heterocycles. The number of nitrogens with zero attached hydrogens (tertiary/aromatic N) is 3. The Bertz CT molecular complexity index is 777. The molecular formula is C19H23N3O2. The highest BCUT2D eigenvalue weighted by Crippen LogP contribution is 2.33. The van der Waals surface area contributed by atoms with Gasteiger partial charge in [0.15, 0.2) is 0 Å². The van der Waals surface area contributed by atoms with Crippen molar-refractivity contribution in [3.63, 3.8) is 0 Å². The van der Waals surface area contributed by atoms with Crippen LogP contribution >= 0.6 is 0 Å². The summed E-state index contributed by atoms with van der Waals surface area (Å²) < 4.78 is 1.88. The molecular weight excluding hydrogens is 302 g/mol. The van der Waals surface area contributed by atoms with Crippen LogP contribution in [0.1, 0.15) is 56.1 Å². The average molecular weight is 325 g/mol. The Morgan fingerprint density at radius 1 is 1.08 bits per heavy atom. The fourth-order valence-electron chi connectivity index (χ4n) is 2.91. The number of carbonyl (C=O) groups is 2. The van der Waals surface area contributed by atoms with E-state index in [0.717, 1.165) is 17.8 Å². The van der Waals surface area contributed by atoms with E-state index in [1.807, 2.05) is 37.5 Å². The Morgan fingerprint density at radius 2 is 1.79 bits per heavy atom. The van der Waals surface area contributed by atoms with Crippen LogP contribution in [-0.2, 0) is 17.8 Å². The van der Waals surface area contributed by atoms with E-state index in [4.69, 9.17) is 0 Å². The number of aryl methyl sites for hydroxylation is 1. The van der Waals surface area contributed by atoms with Gasteiger partial charge in [-0.15, -0.1) is 0 Å². The van der Waals surface area contributed by atoms with Crippen LogP contribution in [0.4, 0.5) is 0 Å².